The maximum Gasteiger partial charge on any atom is 0.262 e. The van der Waals surface area contributed by atoms with Gasteiger partial charge in [0.15, 0.2) is 11.5 Å². The third-order valence-electron chi connectivity index (χ3n) is 6.01. The molecular formula is C26H21N3O5. The molecule has 3 amide bonds. The van der Waals surface area contributed by atoms with Crippen LogP contribution in [0.1, 0.15) is 32.2 Å². The maximum atomic E-state index is 13.4. The summed E-state index contributed by atoms with van der Waals surface area (Å²) in [5.74, 6) is -1.70. The third kappa shape index (κ3) is 3.84. The van der Waals surface area contributed by atoms with Crippen molar-refractivity contribution in [3.8, 4) is 5.75 Å². The van der Waals surface area contributed by atoms with Crippen molar-refractivity contribution in [3.63, 3.8) is 0 Å². The first-order valence-corrected chi connectivity index (χ1v) is 10.9. The van der Waals surface area contributed by atoms with Crippen LogP contribution >= 0.6 is 0 Å². The topological polar surface area (TPSA) is 96.0 Å². The van der Waals surface area contributed by atoms with Gasteiger partial charge in [-0.3, -0.25) is 24.1 Å². The Hall–Kier alpha value is -4.30. The Balaban J connectivity index is 1.39. The van der Waals surface area contributed by atoms with Crippen molar-refractivity contribution in [1.29, 1.82) is 0 Å². The van der Waals surface area contributed by atoms with Crippen LogP contribution in [0.25, 0.3) is 0 Å². The van der Waals surface area contributed by atoms with Crippen LogP contribution in [0.4, 0.5) is 5.69 Å². The second kappa shape index (κ2) is 8.92. The molecule has 2 aliphatic heterocycles. The van der Waals surface area contributed by atoms with Crippen LogP contribution in [0, 0.1) is 0 Å². The normalized spacial score (nSPS) is 16.5. The number of imide groups is 1. The summed E-state index contributed by atoms with van der Waals surface area (Å²) in [6.45, 7) is -0.408. The lowest BCUT2D eigenvalue weighted by molar-refractivity contribution is -0.124. The van der Waals surface area contributed by atoms with E-state index in [0.717, 1.165) is 10.5 Å². The van der Waals surface area contributed by atoms with E-state index >= 15 is 0 Å². The van der Waals surface area contributed by atoms with Crippen molar-refractivity contribution < 1.29 is 24.0 Å². The number of carbonyl (C=O) groups excluding carboxylic acids is 4. The molecule has 0 fully saturated rings. The first-order chi connectivity index (χ1) is 16.5. The number of rotatable bonds is 6. The highest BCUT2D eigenvalue weighted by Crippen LogP contribution is 2.30. The summed E-state index contributed by atoms with van der Waals surface area (Å²) in [5, 5.41) is 0. The minimum absolute atomic E-state index is 0.192. The average molecular weight is 455 g/mol. The van der Waals surface area contributed by atoms with Crippen molar-refractivity contribution >= 4 is 29.2 Å². The summed E-state index contributed by atoms with van der Waals surface area (Å²) in [6.07, 6.45) is 0. The average Bonchev–Trinajstić information content (AvgIpc) is 3.12. The molecule has 8 heteroatoms. The van der Waals surface area contributed by atoms with Crippen LogP contribution < -0.4 is 15.2 Å². The number of para-hydroxylation sites is 2. The number of hydrogen-bond acceptors (Lipinski definition) is 6. The Morgan fingerprint density at radius 2 is 1.50 bits per heavy atom. The molecule has 2 aliphatic rings. The molecule has 5 rings (SSSR count). The van der Waals surface area contributed by atoms with Crippen LogP contribution in [0.2, 0.25) is 0 Å². The molecule has 3 aromatic carbocycles. The predicted octanol–water partition coefficient (Wildman–Crippen LogP) is 2.57. The highest BCUT2D eigenvalue weighted by atomic mass is 16.6. The molecule has 1 N–H and O–H groups in total. The van der Waals surface area contributed by atoms with Crippen LogP contribution in [0.15, 0.2) is 78.9 Å². The van der Waals surface area contributed by atoms with Gasteiger partial charge in [-0.2, -0.15) is 5.48 Å². The summed E-state index contributed by atoms with van der Waals surface area (Å²) in [5.41, 5.74) is 4.56. The molecule has 1 atom stereocenters. The Bertz CT molecular complexity index is 1260. The molecule has 2 heterocycles. The van der Waals surface area contributed by atoms with Gasteiger partial charge in [0.25, 0.3) is 11.8 Å². The van der Waals surface area contributed by atoms with E-state index < -0.39 is 30.2 Å². The Labute approximate surface area is 195 Å². The van der Waals surface area contributed by atoms with Crippen LogP contribution in [0.3, 0.4) is 0 Å². The van der Waals surface area contributed by atoms with Crippen molar-refractivity contribution in [2.75, 3.05) is 24.5 Å². The van der Waals surface area contributed by atoms with E-state index in [1.54, 1.807) is 60.7 Å². The Kier molecular flexibility index (Phi) is 5.65. The van der Waals surface area contributed by atoms with Gasteiger partial charge in [-0.25, -0.2) is 0 Å². The second-order valence-corrected chi connectivity index (χ2v) is 8.06. The first-order valence-electron chi connectivity index (χ1n) is 10.9. The van der Waals surface area contributed by atoms with E-state index in [0.29, 0.717) is 11.4 Å². The van der Waals surface area contributed by atoms with Crippen molar-refractivity contribution in [3.05, 3.63) is 95.6 Å². The lowest BCUT2D eigenvalue weighted by Crippen LogP contribution is -2.46. The summed E-state index contributed by atoms with van der Waals surface area (Å²) in [4.78, 5) is 59.9. The molecule has 170 valence electrons. The molecule has 0 aliphatic carbocycles. The minimum atomic E-state index is -0.526. The molecule has 0 saturated heterocycles. The smallest absolute Gasteiger partial charge is 0.262 e. The van der Waals surface area contributed by atoms with Crippen LogP contribution in [-0.4, -0.2) is 48.0 Å². The number of carbonyl (C=O) groups is 4. The highest BCUT2D eigenvalue weighted by molar-refractivity contribution is 6.23. The molecule has 0 radical (unpaired) electrons. The van der Waals surface area contributed by atoms with Gasteiger partial charge in [0.05, 0.1) is 23.6 Å². The van der Waals surface area contributed by atoms with Crippen molar-refractivity contribution in [2.45, 2.75) is 5.92 Å². The van der Waals surface area contributed by atoms with Gasteiger partial charge in [0, 0.05) is 17.8 Å². The number of amides is 3. The molecule has 0 bridgehead atoms. The number of ketones is 1. The number of nitrogens with one attached hydrogen (secondary N) is 1. The Morgan fingerprint density at radius 3 is 2.21 bits per heavy atom. The molecule has 1 unspecified atom stereocenters. The maximum absolute atomic E-state index is 13.4. The lowest BCUT2D eigenvalue weighted by atomic mass is 9.92. The SMILES string of the molecule is O=C(CN(C(=O)CN1C(=O)c2ccccc2C1=O)c1ccccc1)C1CNOc2ccccc21. The lowest BCUT2D eigenvalue weighted by Gasteiger charge is -2.29. The van der Waals surface area contributed by atoms with Crippen LogP contribution in [-0.2, 0) is 9.59 Å². The van der Waals surface area contributed by atoms with Gasteiger partial charge >= 0.3 is 0 Å². The molecular weight excluding hydrogens is 434 g/mol. The number of Topliss-reactive ketones (excluding diaryl/α,β-unsaturated/α-hetero) is 1. The second-order valence-electron chi connectivity index (χ2n) is 8.06. The van der Waals surface area contributed by atoms with E-state index in [1.807, 2.05) is 18.2 Å². The molecule has 34 heavy (non-hydrogen) atoms. The molecule has 8 nitrogen and oxygen atoms in total. The highest BCUT2D eigenvalue weighted by Gasteiger charge is 2.38. The zero-order chi connectivity index (χ0) is 23.7. The van der Waals surface area contributed by atoms with Gasteiger partial charge in [-0.1, -0.05) is 48.5 Å². The monoisotopic (exact) mass is 455 g/mol. The van der Waals surface area contributed by atoms with Crippen molar-refractivity contribution in [2.24, 2.45) is 0 Å². The number of hydrogen-bond donors (Lipinski definition) is 1. The predicted molar refractivity (Wildman–Crippen MR) is 123 cm³/mol. The summed E-state index contributed by atoms with van der Waals surface area (Å²) in [6, 6.07) is 22.4. The van der Waals surface area contributed by atoms with Gasteiger partial charge < -0.3 is 9.74 Å². The van der Waals surface area contributed by atoms with E-state index in [4.69, 9.17) is 4.84 Å². The largest absolute Gasteiger partial charge is 0.408 e. The zero-order valence-electron chi connectivity index (χ0n) is 18.1. The van der Waals surface area contributed by atoms with E-state index in [2.05, 4.69) is 5.48 Å². The van der Waals surface area contributed by atoms with E-state index in [-0.39, 0.29) is 30.0 Å². The zero-order valence-corrected chi connectivity index (χ0v) is 18.1. The number of anilines is 1. The number of benzene rings is 3. The number of nitrogens with zero attached hydrogens (tertiary/aromatic N) is 2. The molecule has 3 aromatic rings. The fraction of sp³-hybridized carbons (Fsp3) is 0.154. The standard InChI is InChI=1S/C26H21N3O5/c30-22(21-14-27-34-23-13-7-6-10-18(21)23)15-28(17-8-2-1-3-9-17)24(31)16-29-25(32)19-11-4-5-12-20(19)26(29)33/h1-13,21,27H,14-16H2. The summed E-state index contributed by atoms with van der Waals surface area (Å²) >= 11 is 0. The van der Waals surface area contributed by atoms with Gasteiger partial charge in [-0.15, -0.1) is 0 Å². The van der Waals surface area contributed by atoms with Gasteiger partial charge in [0.1, 0.15) is 6.54 Å². The van der Waals surface area contributed by atoms with E-state index in [9.17, 15) is 19.2 Å². The quantitative estimate of drug-likeness (QED) is 0.574. The summed E-state index contributed by atoms with van der Waals surface area (Å²) in [7, 11) is 0. The van der Waals surface area contributed by atoms with Gasteiger partial charge in [0.2, 0.25) is 5.91 Å². The molecule has 0 spiro atoms. The molecule has 0 aromatic heterocycles. The number of fused-ring (bicyclic) bond motifs is 2. The van der Waals surface area contributed by atoms with Crippen LogP contribution in [0.5, 0.6) is 5.75 Å². The van der Waals surface area contributed by atoms with Crippen molar-refractivity contribution in [1.82, 2.24) is 10.4 Å². The Morgan fingerprint density at radius 1 is 0.882 bits per heavy atom. The fourth-order valence-electron chi connectivity index (χ4n) is 4.26. The number of hydroxylamine groups is 1. The fourth-order valence-corrected chi connectivity index (χ4v) is 4.26. The minimum Gasteiger partial charge on any atom is -0.408 e. The molecule has 0 saturated carbocycles. The first kappa shape index (κ1) is 21.5. The third-order valence-corrected chi connectivity index (χ3v) is 6.01. The summed E-state index contributed by atoms with van der Waals surface area (Å²) < 4.78 is 0. The van der Waals surface area contributed by atoms with E-state index in [1.165, 1.54) is 4.90 Å². The van der Waals surface area contributed by atoms with Gasteiger partial charge in [-0.05, 0) is 30.3 Å².